The van der Waals surface area contributed by atoms with Gasteiger partial charge in [-0.2, -0.15) is 5.26 Å². The molecular formula is C13H24N4O2. The normalized spacial score (nSPS) is 11.8. The van der Waals surface area contributed by atoms with Crippen molar-refractivity contribution in [1.29, 1.82) is 5.26 Å². The minimum absolute atomic E-state index is 0.00400. The molecule has 19 heavy (non-hydrogen) atoms. The highest BCUT2D eigenvalue weighted by molar-refractivity contribution is 5.78. The summed E-state index contributed by atoms with van der Waals surface area (Å²) < 4.78 is 0. The summed E-state index contributed by atoms with van der Waals surface area (Å²) >= 11 is 0. The maximum absolute atomic E-state index is 11.7. The molecule has 6 heteroatoms. The van der Waals surface area contributed by atoms with Crippen LogP contribution in [0.1, 0.15) is 19.8 Å². The number of amides is 2. The van der Waals surface area contributed by atoms with Crippen LogP contribution in [0.4, 0.5) is 0 Å². The largest absolute Gasteiger partial charge is 0.359 e. The van der Waals surface area contributed by atoms with Crippen LogP contribution < -0.4 is 5.32 Å². The van der Waals surface area contributed by atoms with E-state index in [9.17, 15) is 9.59 Å². The third-order valence-electron chi connectivity index (χ3n) is 2.97. The van der Waals surface area contributed by atoms with Crippen molar-refractivity contribution in [3.8, 4) is 6.07 Å². The van der Waals surface area contributed by atoms with Crippen molar-refractivity contribution in [3.63, 3.8) is 0 Å². The highest BCUT2D eigenvalue weighted by atomic mass is 16.2. The predicted octanol–water partition coefficient (Wildman–Crippen LogP) is 0.0625. The lowest BCUT2D eigenvalue weighted by Gasteiger charge is -2.22. The third-order valence-corrected chi connectivity index (χ3v) is 2.97. The number of hydrogen-bond acceptors (Lipinski definition) is 4. The van der Waals surface area contributed by atoms with Crippen molar-refractivity contribution in [2.45, 2.75) is 19.8 Å². The van der Waals surface area contributed by atoms with Crippen molar-refractivity contribution >= 4 is 11.8 Å². The van der Waals surface area contributed by atoms with Gasteiger partial charge in [0.2, 0.25) is 11.8 Å². The van der Waals surface area contributed by atoms with Gasteiger partial charge in [-0.05, 0) is 7.05 Å². The zero-order valence-electron chi connectivity index (χ0n) is 12.3. The molecule has 0 saturated heterocycles. The molecule has 6 nitrogen and oxygen atoms in total. The van der Waals surface area contributed by atoms with Gasteiger partial charge in [0.25, 0.3) is 0 Å². The second-order valence-corrected chi connectivity index (χ2v) is 4.75. The first-order valence-corrected chi connectivity index (χ1v) is 6.43. The fraction of sp³-hybridized carbons (Fsp3) is 0.769. The van der Waals surface area contributed by atoms with E-state index in [2.05, 4.69) is 5.32 Å². The molecule has 0 aliphatic rings. The van der Waals surface area contributed by atoms with Gasteiger partial charge < -0.3 is 15.1 Å². The Balaban J connectivity index is 3.96. The van der Waals surface area contributed by atoms with E-state index in [1.807, 2.05) is 24.9 Å². The zero-order chi connectivity index (χ0) is 14.8. The average molecular weight is 268 g/mol. The van der Waals surface area contributed by atoms with Crippen LogP contribution in [0.5, 0.6) is 0 Å². The van der Waals surface area contributed by atoms with E-state index < -0.39 is 0 Å². The molecule has 2 amide bonds. The first-order chi connectivity index (χ1) is 8.92. The van der Waals surface area contributed by atoms with E-state index in [4.69, 9.17) is 5.26 Å². The summed E-state index contributed by atoms with van der Waals surface area (Å²) in [5.74, 6) is -0.0690. The maximum Gasteiger partial charge on any atom is 0.223 e. The Morgan fingerprint density at radius 1 is 1.32 bits per heavy atom. The van der Waals surface area contributed by atoms with Crippen LogP contribution >= 0.6 is 0 Å². The molecule has 0 bridgehead atoms. The fourth-order valence-electron chi connectivity index (χ4n) is 1.71. The molecule has 1 unspecified atom stereocenters. The molecule has 0 spiro atoms. The molecule has 1 N–H and O–H groups in total. The van der Waals surface area contributed by atoms with Crippen LogP contribution in [0.15, 0.2) is 0 Å². The first kappa shape index (κ1) is 17.4. The number of nitriles is 1. The van der Waals surface area contributed by atoms with Crippen LogP contribution in [-0.2, 0) is 9.59 Å². The van der Waals surface area contributed by atoms with Gasteiger partial charge >= 0.3 is 0 Å². The number of nitrogens with zero attached hydrogens (tertiary/aromatic N) is 3. The van der Waals surface area contributed by atoms with Crippen LogP contribution in [0.2, 0.25) is 0 Å². The summed E-state index contributed by atoms with van der Waals surface area (Å²) in [7, 11) is 5.21. The molecule has 0 fully saturated rings. The highest BCUT2D eigenvalue weighted by Crippen LogP contribution is 2.00. The van der Waals surface area contributed by atoms with Crippen LogP contribution in [-0.4, -0.2) is 62.4 Å². The van der Waals surface area contributed by atoms with Crippen molar-refractivity contribution in [2.75, 3.05) is 40.8 Å². The topological polar surface area (TPSA) is 76.4 Å². The molecule has 108 valence electrons. The minimum atomic E-state index is -0.0959. The molecule has 0 heterocycles. The van der Waals surface area contributed by atoms with Crippen molar-refractivity contribution in [1.82, 2.24) is 15.1 Å². The Hall–Kier alpha value is -1.61. The summed E-state index contributed by atoms with van der Waals surface area (Å²) in [4.78, 5) is 26.6. The zero-order valence-corrected chi connectivity index (χ0v) is 12.3. The second-order valence-electron chi connectivity index (χ2n) is 4.75. The molecule has 0 aliphatic carbocycles. The summed E-state index contributed by atoms with van der Waals surface area (Å²) in [5.41, 5.74) is 0. The molecule has 0 aromatic rings. The Bertz CT molecular complexity index is 338. The van der Waals surface area contributed by atoms with Gasteiger partial charge in [0.05, 0.1) is 12.5 Å². The summed E-state index contributed by atoms with van der Waals surface area (Å²) in [6.07, 6.45) is 0.755. The van der Waals surface area contributed by atoms with Crippen LogP contribution in [0.25, 0.3) is 0 Å². The van der Waals surface area contributed by atoms with Crippen molar-refractivity contribution < 1.29 is 9.59 Å². The molecule has 0 radical (unpaired) electrons. The monoisotopic (exact) mass is 268 g/mol. The summed E-state index contributed by atoms with van der Waals surface area (Å²) in [5, 5.41) is 11.1. The first-order valence-electron chi connectivity index (χ1n) is 6.43. The molecule has 1 atom stereocenters. The summed E-state index contributed by atoms with van der Waals surface area (Å²) in [6, 6.07) is 2.01. The number of nitrogens with one attached hydrogen (secondary N) is 1. The summed E-state index contributed by atoms with van der Waals surface area (Å²) in [6.45, 7) is 3.55. The van der Waals surface area contributed by atoms with Gasteiger partial charge in [-0.15, -0.1) is 0 Å². The highest BCUT2D eigenvalue weighted by Gasteiger charge is 2.15. The van der Waals surface area contributed by atoms with Gasteiger partial charge in [-0.25, -0.2) is 0 Å². The SMILES string of the molecule is CNC(=O)C(C)CN(C)CCC(=O)N(C)CCC#N. The van der Waals surface area contributed by atoms with Crippen LogP contribution in [0.3, 0.4) is 0 Å². The fourth-order valence-corrected chi connectivity index (χ4v) is 1.71. The Morgan fingerprint density at radius 3 is 2.47 bits per heavy atom. The predicted molar refractivity (Wildman–Crippen MR) is 73.2 cm³/mol. The number of rotatable bonds is 8. The molecule has 0 aromatic carbocycles. The van der Waals surface area contributed by atoms with Crippen LogP contribution in [0, 0.1) is 17.2 Å². The molecular weight excluding hydrogens is 244 g/mol. The number of hydrogen-bond donors (Lipinski definition) is 1. The van der Waals surface area contributed by atoms with E-state index in [0.29, 0.717) is 32.5 Å². The molecule has 0 aliphatic heterocycles. The standard InChI is InChI=1S/C13H24N4O2/c1-11(13(19)15-2)10-16(3)9-6-12(18)17(4)8-5-7-14/h11H,5-6,8-10H2,1-4H3,(H,15,19). The average Bonchev–Trinajstić information content (AvgIpc) is 2.40. The molecule has 0 rings (SSSR count). The van der Waals surface area contributed by atoms with Crippen molar-refractivity contribution in [2.24, 2.45) is 5.92 Å². The van der Waals surface area contributed by atoms with Gasteiger partial charge in [0, 0.05) is 46.1 Å². The van der Waals surface area contributed by atoms with E-state index >= 15 is 0 Å². The molecule has 0 saturated carbocycles. The van der Waals surface area contributed by atoms with E-state index in [1.54, 1.807) is 19.0 Å². The van der Waals surface area contributed by atoms with Gasteiger partial charge in [-0.1, -0.05) is 6.92 Å². The second kappa shape index (κ2) is 9.34. The van der Waals surface area contributed by atoms with E-state index in [-0.39, 0.29) is 17.7 Å². The van der Waals surface area contributed by atoms with Crippen molar-refractivity contribution in [3.05, 3.63) is 0 Å². The number of carbonyl (C=O) groups excluding carboxylic acids is 2. The van der Waals surface area contributed by atoms with E-state index in [1.165, 1.54) is 0 Å². The third kappa shape index (κ3) is 7.42. The Labute approximate surface area is 115 Å². The Kier molecular flexibility index (Phi) is 8.55. The number of carbonyl (C=O) groups is 2. The lowest BCUT2D eigenvalue weighted by molar-refractivity contribution is -0.130. The van der Waals surface area contributed by atoms with E-state index in [0.717, 1.165) is 0 Å². The van der Waals surface area contributed by atoms with Gasteiger partial charge in [-0.3, -0.25) is 9.59 Å². The maximum atomic E-state index is 11.7. The van der Waals surface area contributed by atoms with Gasteiger partial charge in [0.15, 0.2) is 0 Å². The van der Waals surface area contributed by atoms with Gasteiger partial charge in [0.1, 0.15) is 0 Å². The lowest BCUT2D eigenvalue weighted by atomic mass is 10.1. The molecule has 0 aromatic heterocycles. The Morgan fingerprint density at radius 2 is 1.95 bits per heavy atom. The lowest BCUT2D eigenvalue weighted by Crippen LogP contribution is -2.36. The smallest absolute Gasteiger partial charge is 0.223 e. The minimum Gasteiger partial charge on any atom is -0.359 e. The quantitative estimate of drug-likeness (QED) is 0.675.